The van der Waals surface area contributed by atoms with Crippen LogP contribution in [0.2, 0.25) is 10.0 Å². The van der Waals surface area contributed by atoms with E-state index in [0.717, 1.165) is 32.9 Å². The predicted octanol–water partition coefficient (Wildman–Crippen LogP) is 6.51. The molecule has 7 heteroatoms. The van der Waals surface area contributed by atoms with Gasteiger partial charge in [0.25, 0.3) is 0 Å². The van der Waals surface area contributed by atoms with Crippen LogP contribution in [-0.4, -0.2) is 14.8 Å². The highest BCUT2D eigenvalue weighted by molar-refractivity contribution is 7.98. The maximum atomic E-state index is 6.27. The summed E-state index contributed by atoms with van der Waals surface area (Å²) in [7, 11) is 0. The highest BCUT2D eigenvalue weighted by Gasteiger charge is 2.20. The van der Waals surface area contributed by atoms with E-state index < -0.39 is 0 Å². The van der Waals surface area contributed by atoms with Crippen molar-refractivity contribution in [3.63, 3.8) is 0 Å². The molecule has 0 saturated carbocycles. The molecule has 1 heterocycles. The number of nitrogens with zero attached hydrogens (tertiary/aromatic N) is 3. The van der Waals surface area contributed by atoms with Crippen LogP contribution in [0.5, 0.6) is 5.75 Å². The van der Waals surface area contributed by atoms with Crippen LogP contribution in [0.3, 0.4) is 0 Å². The Labute approximate surface area is 179 Å². The van der Waals surface area contributed by atoms with Crippen molar-refractivity contribution in [3.05, 3.63) is 82.1 Å². The number of hydrogen-bond acceptors (Lipinski definition) is 4. The Morgan fingerprint density at radius 1 is 1.21 bits per heavy atom. The van der Waals surface area contributed by atoms with Crippen LogP contribution >= 0.6 is 35.0 Å². The highest BCUT2D eigenvalue weighted by atomic mass is 35.5. The first-order valence-corrected chi connectivity index (χ1v) is 10.6. The molecule has 1 atom stereocenters. The van der Waals surface area contributed by atoms with Crippen molar-refractivity contribution in [2.75, 3.05) is 0 Å². The summed E-state index contributed by atoms with van der Waals surface area (Å²) >= 11 is 13.9. The molecule has 0 N–H and O–H groups in total. The summed E-state index contributed by atoms with van der Waals surface area (Å²) in [5.74, 6) is 2.11. The number of hydrogen-bond donors (Lipinski definition) is 0. The van der Waals surface area contributed by atoms with E-state index in [4.69, 9.17) is 27.9 Å². The topological polar surface area (TPSA) is 39.9 Å². The minimum atomic E-state index is -0.313. The third-order valence-electron chi connectivity index (χ3n) is 4.07. The second-order valence-electron chi connectivity index (χ2n) is 6.35. The van der Waals surface area contributed by atoms with Gasteiger partial charge in [0.15, 0.2) is 17.1 Å². The highest BCUT2D eigenvalue weighted by Crippen LogP contribution is 2.31. The van der Waals surface area contributed by atoms with Crippen molar-refractivity contribution < 1.29 is 4.74 Å². The summed E-state index contributed by atoms with van der Waals surface area (Å²) in [5.41, 5.74) is 2.21. The molecule has 1 aromatic heterocycles. The minimum Gasteiger partial charge on any atom is -0.481 e. The van der Waals surface area contributed by atoms with Gasteiger partial charge >= 0.3 is 0 Å². The molecule has 0 amide bonds. The lowest BCUT2D eigenvalue weighted by molar-refractivity contribution is 0.210. The quantitative estimate of drug-likeness (QED) is 0.299. The van der Waals surface area contributed by atoms with E-state index in [2.05, 4.69) is 16.8 Å². The van der Waals surface area contributed by atoms with Crippen LogP contribution in [0.4, 0.5) is 0 Å². The van der Waals surface area contributed by atoms with Gasteiger partial charge in [0.05, 0.1) is 5.02 Å². The first-order chi connectivity index (χ1) is 13.5. The second-order valence-corrected chi connectivity index (χ2v) is 8.14. The van der Waals surface area contributed by atoms with Gasteiger partial charge < -0.3 is 4.74 Å². The number of benzene rings is 2. The van der Waals surface area contributed by atoms with Crippen LogP contribution in [0.15, 0.2) is 60.3 Å². The van der Waals surface area contributed by atoms with Crippen molar-refractivity contribution in [1.29, 1.82) is 0 Å². The van der Waals surface area contributed by atoms with Crippen molar-refractivity contribution >= 4 is 35.0 Å². The Kier molecular flexibility index (Phi) is 7.05. The average molecular weight is 434 g/mol. The van der Waals surface area contributed by atoms with Gasteiger partial charge in [-0.3, -0.25) is 4.57 Å². The van der Waals surface area contributed by atoms with Gasteiger partial charge in [-0.25, -0.2) is 0 Å². The fourth-order valence-electron chi connectivity index (χ4n) is 2.73. The van der Waals surface area contributed by atoms with Gasteiger partial charge in [0.2, 0.25) is 0 Å². The van der Waals surface area contributed by atoms with Crippen molar-refractivity contribution in [1.82, 2.24) is 14.8 Å². The molecular weight excluding hydrogens is 413 g/mol. The number of thioether (sulfide) groups is 1. The summed E-state index contributed by atoms with van der Waals surface area (Å²) in [4.78, 5) is 0. The SMILES string of the molecule is C=CCn1c(SCc2cccc(Cl)c2)nnc1C(C)Oc1cc(C)ccc1Cl. The lowest BCUT2D eigenvalue weighted by atomic mass is 10.2. The van der Waals surface area contributed by atoms with E-state index in [9.17, 15) is 0 Å². The van der Waals surface area contributed by atoms with Crippen LogP contribution in [0.1, 0.15) is 30.0 Å². The lowest BCUT2D eigenvalue weighted by Gasteiger charge is -2.17. The van der Waals surface area contributed by atoms with E-state index >= 15 is 0 Å². The number of ether oxygens (including phenoxy) is 1. The maximum Gasteiger partial charge on any atom is 0.191 e. The summed E-state index contributed by atoms with van der Waals surface area (Å²) in [5, 5.41) is 10.8. The molecule has 146 valence electrons. The van der Waals surface area contributed by atoms with Crippen molar-refractivity contribution in [2.45, 2.75) is 37.4 Å². The molecule has 0 saturated heterocycles. The first kappa shape index (κ1) is 20.8. The molecule has 2 aromatic carbocycles. The molecule has 1 unspecified atom stereocenters. The molecule has 0 fully saturated rings. The number of allylic oxidation sites excluding steroid dienone is 1. The summed E-state index contributed by atoms with van der Waals surface area (Å²) in [6.45, 7) is 8.38. The maximum absolute atomic E-state index is 6.27. The molecule has 4 nitrogen and oxygen atoms in total. The van der Waals surface area contributed by atoms with Gasteiger partial charge in [-0.15, -0.1) is 16.8 Å². The molecule has 0 spiro atoms. The Morgan fingerprint density at radius 2 is 2.04 bits per heavy atom. The number of aromatic nitrogens is 3. The van der Waals surface area contributed by atoms with Crippen molar-refractivity contribution in [3.8, 4) is 5.75 Å². The summed E-state index contributed by atoms with van der Waals surface area (Å²) in [6.07, 6.45) is 1.51. The summed E-state index contributed by atoms with van der Waals surface area (Å²) < 4.78 is 8.09. The molecular formula is C21H21Cl2N3OS. The van der Waals surface area contributed by atoms with Crippen molar-refractivity contribution in [2.24, 2.45) is 0 Å². The van der Waals surface area contributed by atoms with Gasteiger partial charge in [-0.1, -0.05) is 59.2 Å². The van der Waals surface area contributed by atoms with Crippen LogP contribution < -0.4 is 4.74 Å². The van der Waals surface area contributed by atoms with Gasteiger partial charge in [-0.2, -0.15) is 0 Å². The van der Waals surface area contributed by atoms with Crippen LogP contribution in [0, 0.1) is 6.92 Å². The van der Waals surface area contributed by atoms with E-state index in [1.54, 1.807) is 11.8 Å². The summed E-state index contributed by atoms with van der Waals surface area (Å²) in [6, 6.07) is 13.5. The van der Waals surface area contributed by atoms with E-state index in [1.165, 1.54) is 0 Å². The normalized spacial score (nSPS) is 12.0. The number of halogens is 2. The number of rotatable bonds is 8. The third kappa shape index (κ3) is 5.10. The zero-order chi connectivity index (χ0) is 20.1. The van der Waals surface area contributed by atoms with Crippen LogP contribution in [-0.2, 0) is 12.3 Å². The Morgan fingerprint density at radius 3 is 2.79 bits per heavy atom. The Hall–Kier alpha value is -1.95. The monoisotopic (exact) mass is 433 g/mol. The predicted molar refractivity (Wildman–Crippen MR) is 116 cm³/mol. The molecule has 0 aliphatic rings. The second kappa shape index (κ2) is 9.50. The van der Waals surface area contributed by atoms with Gasteiger partial charge in [0, 0.05) is 17.3 Å². The fourth-order valence-corrected chi connectivity index (χ4v) is 4.00. The molecule has 0 radical (unpaired) electrons. The average Bonchev–Trinajstić information content (AvgIpc) is 3.06. The molecule has 0 aliphatic heterocycles. The molecule has 3 rings (SSSR count). The lowest BCUT2D eigenvalue weighted by Crippen LogP contribution is -2.12. The molecule has 28 heavy (non-hydrogen) atoms. The first-order valence-electron chi connectivity index (χ1n) is 8.82. The van der Waals surface area contributed by atoms with E-state index in [0.29, 0.717) is 17.3 Å². The van der Waals surface area contributed by atoms with E-state index in [1.807, 2.05) is 67.0 Å². The molecule has 0 aliphatic carbocycles. The molecule has 0 bridgehead atoms. The third-order valence-corrected chi connectivity index (χ3v) is 5.65. The zero-order valence-electron chi connectivity index (χ0n) is 15.7. The fraction of sp³-hybridized carbons (Fsp3) is 0.238. The largest absolute Gasteiger partial charge is 0.481 e. The van der Waals surface area contributed by atoms with Crippen LogP contribution in [0.25, 0.3) is 0 Å². The standard InChI is InChI=1S/C21H21Cl2N3OS/c1-4-10-26-20(15(3)27-19-11-14(2)8-9-18(19)23)24-25-21(26)28-13-16-6-5-7-17(22)12-16/h4-9,11-12,15H,1,10,13H2,2-3H3. The van der Waals surface area contributed by atoms with Gasteiger partial charge in [-0.05, 0) is 49.2 Å². The Balaban J connectivity index is 1.79. The molecule has 3 aromatic rings. The van der Waals surface area contributed by atoms with Gasteiger partial charge in [0.1, 0.15) is 5.75 Å². The number of aryl methyl sites for hydroxylation is 1. The smallest absolute Gasteiger partial charge is 0.191 e. The minimum absolute atomic E-state index is 0.313. The zero-order valence-corrected chi connectivity index (χ0v) is 18.1. The Bertz CT molecular complexity index is 974. The van der Waals surface area contributed by atoms with E-state index in [-0.39, 0.29) is 6.10 Å².